The lowest BCUT2D eigenvalue weighted by atomic mass is 10.2. The van der Waals surface area contributed by atoms with E-state index in [1.165, 1.54) is 0 Å². The smallest absolute Gasteiger partial charge is 0.407 e. The monoisotopic (exact) mass is 271 g/mol. The predicted molar refractivity (Wildman–Crippen MR) is 63.7 cm³/mol. The molecule has 2 N–H and O–H groups in total. The highest BCUT2D eigenvalue weighted by molar-refractivity contribution is 5.67. The molecular formula is C13H15F2NO3. The first-order valence-corrected chi connectivity index (χ1v) is 6.02. The molecular weight excluding hydrogens is 256 g/mol. The first-order chi connectivity index (χ1) is 8.99. The normalized spacial score (nSPS) is 25.0. The van der Waals surface area contributed by atoms with Gasteiger partial charge in [-0.3, -0.25) is 0 Å². The molecule has 0 aliphatic heterocycles. The molecule has 0 unspecified atom stereocenters. The number of carbonyl (C=O) groups excluding carboxylic acids is 1. The molecule has 1 aromatic carbocycles. The average molecular weight is 271 g/mol. The van der Waals surface area contributed by atoms with Crippen LogP contribution in [0.3, 0.4) is 0 Å². The van der Waals surface area contributed by atoms with Crippen LogP contribution in [-0.4, -0.2) is 29.3 Å². The standard InChI is InChI=1S/C13H15F2NO3/c14-13(15)7-6-10(11(13)17)16-12(18)19-8-9-4-2-1-3-5-9/h1-5,10-11,17H,6-8H2,(H,16,18)/t10-,11+/m0/s1. The molecule has 19 heavy (non-hydrogen) atoms. The van der Waals surface area contributed by atoms with Gasteiger partial charge in [0.05, 0.1) is 6.04 Å². The summed E-state index contributed by atoms with van der Waals surface area (Å²) in [5.74, 6) is -3.14. The number of benzene rings is 1. The lowest BCUT2D eigenvalue weighted by Crippen LogP contribution is -2.45. The van der Waals surface area contributed by atoms with E-state index in [1.54, 1.807) is 24.3 Å². The fourth-order valence-electron chi connectivity index (χ4n) is 2.02. The number of hydrogen-bond donors (Lipinski definition) is 2. The molecule has 4 nitrogen and oxygen atoms in total. The van der Waals surface area contributed by atoms with Crippen LogP contribution in [0.25, 0.3) is 0 Å². The summed E-state index contributed by atoms with van der Waals surface area (Å²) in [5.41, 5.74) is 0.801. The molecule has 2 rings (SSSR count). The van der Waals surface area contributed by atoms with Crippen molar-refractivity contribution in [2.75, 3.05) is 0 Å². The number of rotatable bonds is 3. The van der Waals surface area contributed by atoms with E-state index in [4.69, 9.17) is 4.74 Å². The van der Waals surface area contributed by atoms with Crippen molar-refractivity contribution in [3.8, 4) is 0 Å². The maximum atomic E-state index is 13.0. The van der Waals surface area contributed by atoms with Gasteiger partial charge in [-0.1, -0.05) is 30.3 Å². The Morgan fingerprint density at radius 3 is 2.68 bits per heavy atom. The van der Waals surface area contributed by atoms with Crippen molar-refractivity contribution >= 4 is 6.09 Å². The molecule has 104 valence electrons. The van der Waals surface area contributed by atoms with Crippen molar-refractivity contribution < 1.29 is 23.4 Å². The highest BCUT2D eigenvalue weighted by atomic mass is 19.3. The van der Waals surface area contributed by atoms with E-state index in [9.17, 15) is 18.7 Å². The average Bonchev–Trinajstić information content (AvgIpc) is 2.65. The molecule has 2 atom stereocenters. The zero-order valence-corrected chi connectivity index (χ0v) is 10.2. The Morgan fingerprint density at radius 1 is 1.42 bits per heavy atom. The van der Waals surface area contributed by atoms with E-state index in [0.717, 1.165) is 5.56 Å². The quantitative estimate of drug-likeness (QED) is 0.884. The minimum absolute atomic E-state index is 0.0363. The summed E-state index contributed by atoms with van der Waals surface area (Å²) >= 11 is 0. The largest absolute Gasteiger partial charge is 0.445 e. The molecule has 1 aromatic rings. The zero-order valence-electron chi connectivity index (χ0n) is 10.2. The van der Waals surface area contributed by atoms with Gasteiger partial charge in [-0.15, -0.1) is 0 Å². The Morgan fingerprint density at radius 2 is 2.11 bits per heavy atom. The first-order valence-electron chi connectivity index (χ1n) is 6.02. The third-order valence-corrected chi connectivity index (χ3v) is 3.12. The van der Waals surface area contributed by atoms with Gasteiger partial charge in [0.25, 0.3) is 5.92 Å². The summed E-state index contributed by atoms with van der Waals surface area (Å²) in [6, 6.07) is 8.05. The lowest BCUT2D eigenvalue weighted by Gasteiger charge is -2.19. The number of carbonyl (C=O) groups is 1. The topological polar surface area (TPSA) is 58.6 Å². The Labute approximate surface area is 109 Å². The number of alkyl carbamates (subject to hydrolysis) is 1. The number of ether oxygens (including phenoxy) is 1. The van der Waals surface area contributed by atoms with Crippen LogP contribution in [0.15, 0.2) is 30.3 Å². The summed E-state index contributed by atoms with van der Waals surface area (Å²) in [6.07, 6.45) is -3.05. The number of aliphatic hydroxyl groups is 1. The summed E-state index contributed by atoms with van der Waals surface area (Å²) in [6.45, 7) is 0.0614. The van der Waals surface area contributed by atoms with E-state index >= 15 is 0 Å². The Bertz CT molecular complexity index is 439. The second-order valence-electron chi connectivity index (χ2n) is 4.56. The summed E-state index contributed by atoms with van der Waals surface area (Å²) in [7, 11) is 0. The van der Waals surface area contributed by atoms with Crippen LogP contribution in [0.1, 0.15) is 18.4 Å². The van der Waals surface area contributed by atoms with E-state index < -0.39 is 30.6 Å². The first kappa shape index (κ1) is 13.7. The zero-order chi connectivity index (χ0) is 13.9. The highest BCUT2D eigenvalue weighted by Gasteiger charge is 2.49. The summed E-state index contributed by atoms with van der Waals surface area (Å²) < 4.78 is 31.0. The molecule has 1 aliphatic rings. The van der Waals surface area contributed by atoms with Gasteiger partial charge in [0, 0.05) is 6.42 Å². The highest BCUT2D eigenvalue weighted by Crippen LogP contribution is 2.35. The van der Waals surface area contributed by atoms with Gasteiger partial charge in [-0.05, 0) is 12.0 Å². The molecule has 6 heteroatoms. The van der Waals surface area contributed by atoms with Gasteiger partial charge in [-0.25, -0.2) is 13.6 Å². The molecule has 0 radical (unpaired) electrons. The minimum atomic E-state index is -3.14. The Hall–Kier alpha value is -1.69. The molecule has 0 heterocycles. The molecule has 1 saturated carbocycles. The summed E-state index contributed by atoms with van der Waals surface area (Å²) in [4.78, 5) is 11.4. The molecule has 0 spiro atoms. The van der Waals surface area contributed by atoms with E-state index in [0.29, 0.717) is 0 Å². The van der Waals surface area contributed by atoms with Crippen molar-refractivity contribution in [2.45, 2.75) is 37.5 Å². The second kappa shape index (κ2) is 5.52. The maximum absolute atomic E-state index is 13.0. The number of aliphatic hydroxyl groups excluding tert-OH is 1. The van der Waals surface area contributed by atoms with E-state index in [-0.39, 0.29) is 13.0 Å². The Balaban J connectivity index is 1.79. The van der Waals surface area contributed by atoms with Gasteiger partial charge in [-0.2, -0.15) is 0 Å². The number of nitrogens with one attached hydrogen (secondary N) is 1. The molecule has 1 aliphatic carbocycles. The number of halogens is 2. The summed E-state index contributed by atoms with van der Waals surface area (Å²) in [5, 5.41) is 11.6. The van der Waals surface area contributed by atoms with Gasteiger partial charge < -0.3 is 15.2 Å². The third kappa shape index (κ3) is 3.41. The second-order valence-corrected chi connectivity index (χ2v) is 4.56. The molecule has 1 amide bonds. The van der Waals surface area contributed by atoms with Crippen LogP contribution in [0, 0.1) is 0 Å². The lowest BCUT2D eigenvalue weighted by molar-refractivity contribution is -0.0915. The molecule has 0 saturated heterocycles. The third-order valence-electron chi connectivity index (χ3n) is 3.12. The molecule has 1 fully saturated rings. The fraction of sp³-hybridized carbons (Fsp3) is 0.462. The number of amides is 1. The van der Waals surface area contributed by atoms with Crippen molar-refractivity contribution in [3.05, 3.63) is 35.9 Å². The van der Waals surface area contributed by atoms with Crippen LogP contribution < -0.4 is 5.32 Å². The maximum Gasteiger partial charge on any atom is 0.407 e. The van der Waals surface area contributed by atoms with Crippen molar-refractivity contribution in [2.24, 2.45) is 0 Å². The Kier molecular flexibility index (Phi) is 3.99. The molecule has 0 bridgehead atoms. The van der Waals surface area contributed by atoms with Crippen molar-refractivity contribution in [1.29, 1.82) is 0 Å². The van der Waals surface area contributed by atoms with Crippen LogP contribution >= 0.6 is 0 Å². The van der Waals surface area contributed by atoms with Gasteiger partial charge in [0.15, 0.2) is 0 Å². The van der Waals surface area contributed by atoms with Gasteiger partial charge in [0.1, 0.15) is 12.7 Å². The van der Waals surface area contributed by atoms with E-state index in [2.05, 4.69) is 5.32 Å². The minimum Gasteiger partial charge on any atom is -0.445 e. The van der Waals surface area contributed by atoms with Crippen LogP contribution in [0.5, 0.6) is 0 Å². The van der Waals surface area contributed by atoms with Crippen LogP contribution in [0.2, 0.25) is 0 Å². The van der Waals surface area contributed by atoms with Crippen LogP contribution in [-0.2, 0) is 11.3 Å². The van der Waals surface area contributed by atoms with Gasteiger partial charge >= 0.3 is 6.09 Å². The number of alkyl halides is 2. The van der Waals surface area contributed by atoms with Crippen molar-refractivity contribution in [3.63, 3.8) is 0 Å². The fourth-order valence-corrected chi connectivity index (χ4v) is 2.02. The predicted octanol–water partition coefficient (Wildman–Crippen LogP) is 2.07. The molecule has 0 aromatic heterocycles. The van der Waals surface area contributed by atoms with Crippen molar-refractivity contribution in [1.82, 2.24) is 5.32 Å². The van der Waals surface area contributed by atoms with E-state index in [1.807, 2.05) is 6.07 Å². The SMILES string of the molecule is O=C(N[C@H]1CCC(F)(F)[C@@H]1O)OCc1ccccc1. The van der Waals surface area contributed by atoms with Gasteiger partial charge in [0.2, 0.25) is 0 Å². The number of hydrogen-bond acceptors (Lipinski definition) is 3. The van der Waals surface area contributed by atoms with Crippen LogP contribution in [0.4, 0.5) is 13.6 Å².